The van der Waals surface area contributed by atoms with E-state index in [1.165, 1.54) is 35.4 Å². The molecule has 3 aromatic rings. The summed E-state index contributed by atoms with van der Waals surface area (Å²) in [6.45, 7) is 1.78. The van der Waals surface area contributed by atoms with Crippen molar-refractivity contribution in [3.05, 3.63) is 66.0 Å². The van der Waals surface area contributed by atoms with Gasteiger partial charge in [0.15, 0.2) is 5.82 Å². The summed E-state index contributed by atoms with van der Waals surface area (Å²) in [5.74, 6) is -0.406. The second-order valence-electron chi connectivity index (χ2n) is 5.31. The maximum absolute atomic E-state index is 12.8. The normalized spacial score (nSPS) is 12.4. The van der Waals surface area contributed by atoms with E-state index in [1.54, 1.807) is 19.2 Å². The lowest BCUT2D eigenvalue weighted by Crippen LogP contribution is -2.04. The van der Waals surface area contributed by atoms with Crippen LogP contribution in [0.2, 0.25) is 0 Å². The molecule has 1 aromatic carbocycles. The molecule has 25 heavy (non-hydrogen) atoms. The number of hydrogen-bond donors (Lipinski definition) is 0. The average Bonchev–Trinajstić information content (AvgIpc) is 3.03. The van der Waals surface area contributed by atoms with E-state index in [4.69, 9.17) is 0 Å². The molecule has 0 bridgehead atoms. The van der Waals surface area contributed by atoms with E-state index in [-0.39, 0.29) is 11.4 Å². The van der Waals surface area contributed by atoms with Crippen molar-refractivity contribution in [1.82, 2.24) is 19.7 Å². The van der Waals surface area contributed by atoms with E-state index >= 15 is 0 Å². The molecule has 128 valence electrons. The van der Waals surface area contributed by atoms with E-state index in [0.717, 1.165) is 17.7 Å². The highest BCUT2D eigenvalue weighted by atomic mass is 19.4. The van der Waals surface area contributed by atoms with Crippen molar-refractivity contribution in [3.8, 4) is 11.4 Å². The molecule has 3 rings (SSSR count). The Labute approximate surface area is 140 Å². The zero-order valence-corrected chi connectivity index (χ0v) is 13.0. The summed E-state index contributed by atoms with van der Waals surface area (Å²) in [6, 6.07) is 7.62. The van der Waals surface area contributed by atoms with Gasteiger partial charge in [-0.1, -0.05) is 12.1 Å². The smallest absolute Gasteiger partial charge is 0.228 e. The van der Waals surface area contributed by atoms with Crippen LogP contribution in [0, 0.1) is 5.95 Å². The molecule has 0 atom stereocenters. The minimum atomic E-state index is -4.43. The monoisotopic (exact) mass is 348 g/mol. The molecular formula is C17H12F4N4. The molecule has 0 saturated carbocycles. The SMILES string of the molecule is C/C(=C\n1cnc(-c2cccc(C(F)(F)F)c2)n1)c1ccc(F)nc1. The van der Waals surface area contributed by atoms with Crippen LogP contribution in [0.15, 0.2) is 48.9 Å². The molecule has 0 amide bonds. The van der Waals surface area contributed by atoms with Crippen molar-refractivity contribution in [2.45, 2.75) is 13.1 Å². The highest BCUT2D eigenvalue weighted by molar-refractivity contribution is 5.73. The van der Waals surface area contributed by atoms with Gasteiger partial charge in [-0.25, -0.2) is 14.6 Å². The molecule has 0 spiro atoms. The summed E-state index contributed by atoms with van der Waals surface area (Å²) in [6.07, 6.45) is -0.0362. The predicted octanol–water partition coefficient (Wildman–Crippen LogP) is 4.52. The van der Waals surface area contributed by atoms with Crippen LogP contribution in [0.3, 0.4) is 0 Å². The number of allylic oxidation sites excluding steroid dienone is 1. The fourth-order valence-electron chi connectivity index (χ4n) is 2.19. The third kappa shape index (κ3) is 3.90. The molecule has 0 aliphatic carbocycles. The Morgan fingerprint density at radius 1 is 1.12 bits per heavy atom. The average molecular weight is 348 g/mol. The first kappa shape index (κ1) is 16.8. The molecule has 2 aromatic heterocycles. The van der Waals surface area contributed by atoms with Gasteiger partial charge in [0.2, 0.25) is 5.95 Å². The number of benzene rings is 1. The molecular weight excluding hydrogens is 336 g/mol. The van der Waals surface area contributed by atoms with Crippen LogP contribution >= 0.6 is 0 Å². The first-order valence-electron chi connectivity index (χ1n) is 7.22. The summed E-state index contributed by atoms with van der Waals surface area (Å²) in [5, 5.41) is 4.15. The number of nitrogens with zero attached hydrogens (tertiary/aromatic N) is 4. The van der Waals surface area contributed by atoms with Crippen molar-refractivity contribution >= 4 is 11.8 Å². The standard InChI is InChI=1S/C17H12F4N4/c1-11(13-5-6-15(18)22-8-13)9-25-10-23-16(24-25)12-3-2-4-14(7-12)17(19,20)21/h2-10H,1H3/b11-9+. The number of aromatic nitrogens is 4. The van der Waals surface area contributed by atoms with Crippen LogP contribution < -0.4 is 0 Å². The predicted molar refractivity (Wildman–Crippen MR) is 84.5 cm³/mol. The van der Waals surface area contributed by atoms with Gasteiger partial charge in [-0.2, -0.15) is 17.6 Å². The quantitative estimate of drug-likeness (QED) is 0.516. The summed E-state index contributed by atoms with van der Waals surface area (Å²) in [4.78, 5) is 7.60. The van der Waals surface area contributed by atoms with Crippen molar-refractivity contribution < 1.29 is 17.6 Å². The molecule has 0 radical (unpaired) electrons. The van der Waals surface area contributed by atoms with Gasteiger partial charge in [-0.3, -0.25) is 0 Å². The topological polar surface area (TPSA) is 43.6 Å². The third-order valence-corrected chi connectivity index (χ3v) is 3.47. The van der Waals surface area contributed by atoms with Gasteiger partial charge in [0.25, 0.3) is 0 Å². The molecule has 2 heterocycles. The van der Waals surface area contributed by atoms with Crippen molar-refractivity contribution in [3.63, 3.8) is 0 Å². The van der Waals surface area contributed by atoms with Crippen LogP contribution in [0.5, 0.6) is 0 Å². The lowest BCUT2D eigenvalue weighted by atomic mass is 10.1. The van der Waals surface area contributed by atoms with Crippen LogP contribution in [0.25, 0.3) is 23.2 Å². The summed E-state index contributed by atoms with van der Waals surface area (Å²) in [5.41, 5.74) is 0.944. The van der Waals surface area contributed by atoms with E-state index in [2.05, 4.69) is 15.1 Å². The second-order valence-corrected chi connectivity index (χ2v) is 5.31. The highest BCUT2D eigenvalue weighted by Crippen LogP contribution is 2.31. The van der Waals surface area contributed by atoms with Crippen LogP contribution in [-0.4, -0.2) is 19.7 Å². The number of pyridine rings is 1. The van der Waals surface area contributed by atoms with Gasteiger partial charge in [-0.05, 0) is 42.3 Å². The van der Waals surface area contributed by atoms with Crippen molar-refractivity contribution in [2.75, 3.05) is 0 Å². The summed E-state index contributed by atoms with van der Waals surface area (Å²) in [7, 11) is 0. The Kier molecular flexibility index (Phi) is 4.35. The van der Waals surface area contributed by atoms with E-state index in [1.807, 2.05) is 0 Å². The van der Waals surface area contributed by atoms with Gasteiger partial charge in [-0.15, -0.1) is 5.10 Å². The maximum Gasteiger partial charge on any atom is 0.416 e. The second kappa shape index (κ2) is 6.46. The number of halogens is 4. The Hall–Kier alpha value is -3.03. The number of alkyl halides is 3. The Bertz CT molecular complexity index is 911. The van der Waals surface area contributed by atoms with Gasteiger partial charge < -0.3 is 0 Å². The van der Waals surface area contributed by atoms with Crippen molar-refractivity contribution in [2.24, 2.45) is 0 Å². The molecule has 0 saturated heterocycles. The minimum absolute atomic E-state index is 0.174. The minimum Gasteiger partial charge on any atom is -0.228 e. The molecule has 0 unspecified atom stereocenters. The first-order chi connectivity index (χ1) is 11.8. The highest BCUT2D eigenvalue weighted by Gasteiger charge is 2.30. The zero-order chi connectivity index (χ0) is 18.0. The van der Waals surface area contributed by atoms with Crippen molar-refractivity contribution in [1.29, 1.82) is 0 Å². The maximum atomic E-state index is 12.8. The fourth-order valence-corrected chi connectivity index (χ4v) is 2.19. The molecule has 0 aliphatic heterocycles. The summed E-state index contributed by atoms with van der Waals surface area (Å²) < 4.78 is 52.6. The molecule has 8 heteroatoms. The van der Waals surface area contributed by atoms with Gasteiger partial charge in [0, 0.05) is 18.0 Å². The summed E-state index contributed by atoms with van der Waals surface area (Å²) >= 11 is 0. The van der Waals surface area contributed by atoms with E-state index in [9.17, 15) is 17.6 Å². The Morgan fingerprint density at radius 2 is 1.92 bits per heavy atom. The molecule has 0 N–H and O–H groups in total. The molecule has 0 aliphatic rings. The number of hydrogen-bond acceptors (Lipinski definition) is 3. The van der Waals surface area contributed by atoms with E-state index < -0.39 is 17.7 Å². The Morgan fingerprint density at radius 3 is 2.60 bits per heavy atom. The molecule has 0 fully saturated rings. The lowest BCUT2D eigenvalue weighted by molar-refractivity contribution is -0.137. The van der Waals surface area contributed by atoms with Gasteiger partial charge in [0.1, 0.15) is 6.33 Å². The van der Waals surface area contributed by atoms with Crippen LogP contribution in [0.1, 0.15) is 18.1 Å². The largest absolute Gasteiger partial charge is 0.416 e. The lowest BCUT2D eigenvalue weighted by Gasteiger charge is -2.06. The van der Waals surface area contributed by atoms with Crippen LogP contribution in [0.4, 0.5) is 17.6 Å². The van der Waals surface area contributed by atoms with E-state index in [0.29, 0.717) is 5.56 Å². The first-order valence-corrected chi connectivity index (χ1v) is 7.22. The number of rotatable bonds is 3. The fraction of sp³-hybridized carbons (Fsp3) is 0.118. The van der Waals surface area contributed by atoms with Gasteiger partial charge >= 0.3 is 6.18 Å². The van der Waals surface area contributed by atoms with Gasteiger partial charge in [0.05, 0.1) is 5.56 Å². The van der Waals surface area contributed by atoms with Crippen LogP contribution in [-0.2, 0) is 6.18 Å². The Balaban J connectivity index is 1.88. The molecule has 4 nitrogen and oxygen atoms in total. The zero-order valence-electron chi connectivity index (χ0n) is 13.0. The third-order valence-electron chi connectivity index (χ3n) is 3.47.